The van der Waals surface area contributed by atoms with E-state index in [-0.39, 0.29) is 35.1 Å². The van der Waals surface area contributed by atoms with Crippen LogP contribution in [0.15, 0.2) is 58.3 Å². The summed E-state index contributed by atoms with van der Waals surface area (Å²) in [6.45, 7) is 5.41. The minimum Gasteiger partial charge on any atom is -0.324 e. The van der Waals surface area contributed by atoms with Crippen molar-refractivity contribution in [3.63, 3.8) is 0 Å². The first-order chi connectivity index (χ1) is 17.6. The van der Waals surface area contributed by atoms with E-state index in [4.69, 9.17) is 0 Å². The van der Waals surface area contributed by atoms with Gasteiger partial charge in [0.1, 0.15) is 11.2 Å². The molecule has 0 aliphatic carbocycles. The standard InChI is InChI=1S/C25H27FN8O2S/c1-5-10-33-24(35)19-14-27-25(28-17-12-16-15-32(2)11-9-18(16)20(26)13-17)30-23(19)34(33)22-8-6-7-21(29-22)31-37(3,4)36/h5-8,12-14H,1,9-11,15H2,2-4H3,(H,27,28,30). The Kier molecular flexibility index (Phi) is 6.38. The molecule has 1 aromatic carbocycles. The third-order valence-electron chi connectivity index (χ3n) is 5.96. The van der Waals surface area contributed by atoms with Crippen molar-refractivity contribution in [3.05, 3.63) is 76.5 Å². The molecule has 0 radical (unpaired) electrons. The molecule has 10 nitrogen and oxygen atoms in total. The maximum Gasteiger partial charge on any atom is 0.278 e. The number of nitrogens with zero attached hydrogens (tertiary/aromatic N) is 7. The molecule has 0 saturated carbocycles. The molecule has 0 bridgehead atoms. The van der Waals surface area contributed by atoms with Crippen LogP contribution in [0.2, 0.25) is 0 Å². The lowest BCUT2D eigenvalue weighted by atomic mass is 9.99. The summed E-state index contributed by atoms with van der Waals surface area (Å²) in [6.07, 6.45) is 6.73. The van der Waals surface area contributed by atoms with E-state index in [1.54, 1.807) is 29.0 Å². The Morgan fingerprint density at radius 3 is 2.84 bits per heavy atom. The number of likely N-dealkylation sites (N-methyl/N-ethyl adjacent to an activating group) is 1. The van der Waals surface area contributed by atoms with E-state index in [0.717, 1.165) is 17.7 Å². The van der Waals surface area contributed by atoms with Crippen LogP contribution >= 0.6 is 0 Å². The highest BCUT2D eigenvalue weighted by molar-refractivity contribution is 7.92. The quantitative estimate of drug-likeness (QED) is 0.387. The topological polar surface area (TPSA) is 110 Å². The van der Waals surface area contributed by atoms with Gasteiger partial charge in [0.2, 0.25) is 5.95 Å². The molecule has 12 heteroatoms. The Bertz CT molecular complexity index is 1710. The van der Waals surface area contributed by atoms with Crippen LogP contribution < -0.4 is 10.9 Å². The number of hydrogen-bond acceptors (Lipinski definition) is 8. The normalized spacial score (nSPS) is 13.9. The summed E-state index contributed by atoms with van der Waals surface area (Å²) in [7, 11) is -0.439. The van der Waals surface area contributed by atoms with Crippen molar-refractivity contribution in [2.75, 3.05) is 31.4 Å². The number of aromatic nitrogens is 5. The summed E-state index contributed by atoms with van der Waals surface area (Å²) in [6, 6.07) is 8.40. The number of rotatable bonds is 6. The fourth-order valence-corrected chi connectivity index (χ4v) is 4.96. The van der Waals surface area contributed by atoms with Gasteiger partial charge in [-0.3, -0.25) is 4.79 Å². The highest BCUT2D eigenvalue weighted by atomic mass is 32.2. The number of benzene rings is 1. The molecule has 192 valence electrons. The molecule has 0 amide bonds. The lowest BCUT2D eigenvalue weighted by Gasteiger charge is -2.25. The molecule has 1 N–H and O–H groups in total. The van der Waals surface area contributed by atoms with E-state index in [1.807, 2.05) is 13.1 Å². The zero-order valence-electron chi connectivity index (χ0n) is 20.8. The molecule has 0 unspecified atom stereocenters. The molecule has 0 saturated heterocycles. The van der Waals surface area contributed by atoms with Crippen LogP contribution in [0, 0.1) is 5.82 Å². The van der Waals surface area contributed by atoms with Crippen LogP contribution in [-0.2, 0) is 29.2 Å². The van der Waals surface area contributed by atoms with Crippen molar-refractivity contribution < 1.29 is 8.60 Å². The number of allylic oxidation sites excluding steroid dienone is 1. The molecule has 1 aliphatic rings. The van der Waals surface area contributed by atoms with E-state index in [0.29, 0.717) is 30.1 Å². The van der Waals surface area contributed by atoms with Crippen molar-refractivity contribution in [1.29, 1.82) is 0 Å². The number of pyridine rings is 1. The second-order valence-corrected chi connectivity index (χ2v) is 11.8. The van der Waals surface area contributed by atoms with Gasteiger partial charge in [-0.2, -0.15) is 9.35 Å². The van der Waals surface area contributed by atoms with Crippen LogP contribution in [-0.4, -0.2) is 59.5 Å². The summed E-state index contributed by atoms with van der Waals surface area (Å²) in [5, 5.41) is 3.36. The van der Waals surface area contributed by atoms with E-state index in [1.165, 1.54) is 29.5 Å². The number of anilines is 2. The van der Waals surface area contributed by atoms with Crippen LogP contribution in [0.1, 0.15) is 11.1 Å². The monoisotopic (exact) mass is 522 g/mol. The summed E-state index contributed by atoms with van der Waals surface area (Å²) in [4.78, 5) is 28.7. The average Bonchev–Trinajstić information content (AvgIpc) is 3.09. The molecule has 0 spiro atoms. The van der Waals surface area contributed by atoms with Gasteiger partial charge in [0.15, 0.2) is 17.3 Å². The van der Waals surface area contributed by atoms with Gasteiger partial charge in [-0.05, 0) is 48.9 Å². The number of halogens is 1. The first-order valence-corrected chi connectivity index (χ1v) is 14.0. The molecular weight excluding hydrogens is 495 g/mol. The van der Waals surface area contributed by atoms with Crippen molar-refractivity contribution in [2.24, 2.45) is 4.36 Å². The lowest BCUT2D eigenvalue weighted by molar-refractivity contribution is 0.309. The molecule has 1 aliphatic heterocycles. The zero-order chi connectivity index (χ0) is 26.3. The largest absolute Gasteiger partial charge is 0.324 e. The van der Waals surface area contributed by atoms with Gasteiger partial charge in [0, 0.05) is 47.2 Å². The van der Waals surface area contributed by atoms with Gasteiger partial charge in [0.25, 0.3) is 5.56 Å². The molecule has 0 atom stereocenters. The molecule has 37 heavy (non-hydrogen) atoms. The molecule has 4 aromatic rings. The number of fused-ring (bicyclic) bond motifs is 2. The summed E-state index contributed by atoms with van der Waals surface area (Å²) in [5.74, 6) is 0.572. The molecule has 0 fully saturated rings. The predicted molar refractivity (Wildman–Crippen MR) is 143 cm³/mol. The van der Waals surface area contributed by atoms with Crippen molar-refractivity contribution in [1.82, 2.24) is 29.2 Å². The second kappa shape index (κ2) is 9.52. The van der Waals surface area contributed by atoms with Gasteiger partial charge in [-0.25, -0.2) is 27.9 Å². The van der Waals surface area contributed by atoms with Gasteiger partial charge < -0.3 is 10.2 Å². The second-order valence-electron chi connectivity index (χ2n) is 9.25. The Morgan fingerprint density at radius 2 is 2.08 bits per heavy atom. The highest BCUT2D eigenvalue weighted by Gasteiger charge is 2.20. The SMILES string of the molecule is C=CCn1c(=O)c2cnc(Nc3cc(F)c4c(c3)CN(C)CC4)nc2n1-c1cccc(N=S(C)(C)=O)n1. The first kappa shape index (κ1) is 24.8. The fraction of sp³-hybridized carbons (Fsp3) is 0.280. The van der Waals surface area contributed by atoms with Gasteiger partial charge in [0.05, 0.1) is 6.54 Å². The minimum absolute atomic E-state index is 0.197. The lowest BCUT2D eigenvalue weighted by Crippen LogP contribution is -2.27. The van der Waals surface area contributed by atoms with Crippen LogP contribution in [0.5, 0.6) is 0 Å². The average molecular weight is 523 g/mol. The van der Waals surface area contributed by atoms with Crippen molar-refractivity contribution in [2.45, 2.75) is 19.5 Å². The molecule has 4 heterocycles. The Balaban J connectivity index is 1.62. The Morgan fingerprint density at radius 1 is 1.27 bits per heavy atom. The molecular formula is C25H27FN8O2S. The van der Waals surface area contributed by atoms with E-state index in [2.05, 4.69) is 36.1 Å². The maximum absolute atomic E-state index is 14.8. The van der Waals surface area contributed by atoms with Gasteiger partial charge >= 0.3 is 0 Å². The third-order valence-corrected chi connectivity index (χ3v) is 6.58. The summed E-state index contributed by atoms with van der Waals surface area (Å²) in [5.41, 5.74) is 2.16. The van der Waals surface area contributed by atoms with Gasteiger partial charge in [-0.15, -0.1) is 6.58 Å². The minimum atomic E-state index is -2.44. The van der Waals surface area contributed by atoms with Crippen LogP contribution in [0.4, 0.5) is 21.8 Å². The third kappa shape index (κ3) is 5.02. The first-order valence-electron chi connectivity index (χ1n) is 11.6. The van der Waals surface area contributed by atoms with E-state index >= 15 is 0 Å². The zero-order valence-corrected chi connectivity index (χ0v) is 21.6. The predicted octanol–water partition coefficient (Wildman–Crippen LogP) is 3.39. The van der Waals surface area contributed by atoms with E-state index < -0.39 is 9.73 Å². The van der Waals surface area contributed by atoms with E-state index in [9.17, 15) is 13.4 Å². The Hall–Kier alpha value is -3.90. The smallest absolute Gasteiger partial charge is 0.278 e. The molecule has 5 rings (SSSR count). The Labute approximate surface area is 213 Å². The highest BCUT2D eigenvalue weighted by Crippen LogP contribution is 2.27. The summed E-state index contributed by atoms with van der Waals surface area (Å²) >= 11 is 0. The van der Waals surface area contributed by atoms with Gasteiger partial charge in [-0.1, -0.05) is 12.1 Å². The van der Waals surface area contributed by atoms with Crippen LogP contribution in [0.3, 0.4) is 0 Å². The maximum atomic E-state index is 14.8. The fourth-order valence-electron chi connectivity index (χ4n) is 4.40. The van der Waals surface area contributed by atoms with Crippen molar-refractivity contribution in [3.8, 4) is 5.82 Å². The van der Waals surface area contributed by atoms with Crippen LogP contribution in [0.25, 0.3) is 16.9 Å². The number of nitrogens with one attached hydrogen (secondary N) is 1. The van der Waals surface area contributed by atoms with Crippen molar-refractivity contribution >= 4 is 38.2 Å². The molecule has 3 aromatic heterocycles. The summed E-state index contributed by atoms with van der Waals surface area (Å²) < 4.78 is 34.2. The number of hydrogen-bond donors (Lipinski definition) is 1.